The Morgan fingerprint density at radius 2 is 2.05 bits per heavy atom. The zero-order valence-electron chi connectivity index (χ0n) is 12.0. The first kappa shape index (κ1) is 13.6. The Labute approximate surface area is 119 Å². The normalized spacial score (nSPS) is 33.9. The predicted octanol–water partition coefficient (Wildman–Crippen LogP) is 1.98. The number of hydrogen-bond acceptors (Lipinski definition) is 3. The lowest BCUT2D eigenvalue weighted by atomic mass is 9.92. The predicted molar refractivity (Wildman–Crippen MR) is 75.2 cm³/mol. The Hall–Kier alpha value is -1.39. The van der Waals surface area contributed by atoms with Gasteiger partial charge in [0, 0.05) is 19.6 Å². The quantitative estimate of drug-likeness (QED) is 0.828. The van der Waals surface area contributed by atoms with Gasteiger partial charge < -0.3 is 14.4 Å². The van der Waals surface area contributed by atoms with Gasteiger partial charge >= 0.3 is 0 Å². The SMILES string of the molecule is CC1OC2(CCOC2C)CN(Cc2ccccc2)C1=O. The van der Waals surface area contributed by atoms with Crippen LogP contribution in [0, 0.1) is 0 Å². The van der Waals surface area contributed by atoms with Gasteiger partial charge in [0.2, 0.25) is 0 Å². The van der Waals surface area contributed by atoms with E-state index in [0.717, 1.165) is 12.0 Å². The molecule has 0 aromatic heterocycles. The van der Waals surface area contributed by atoms with Crippen LogP contribution in [0.1, 0.15) is 25.8 Å². The Kier molecular flexibility index (Phi) is 3.52. The average molecular weight is 275 g/mol. The van der Waals surface area contributed by atoms with E-state index in [0.29, 0.717) is 19.7 Å². The molecule has 2 aliphatic heterocycles. The first-order valence-electron chi connectivity index (χ1n) is 7.23. The first-order chi connectivity index (χ1) is 9.61. The summed E-state index contributed by atoms with van der Waals surface area (Å²) in [4.78, 5) is 14.2. The summed E-state index contributed by atoms with van der Waals surface area (Å²) in [7, 11) is 0. The lowest BCUT2D eigenvalue weighted by Gasteiger charge is -2.44. The smallest absolute Gasteiger partial charge is 0.251 e. The summed E-state index contributed by atoms with van der Waals surface area (Å²) in [5.41, 5.74) is 0.818. The van der Waals surface area contributed by atoms with E-state index in [2.05, 4.69) is 12.1 Å². The summed E-state index contributed by atoms with van der Waals surface area (Å²) >= 11 is 0. The zero-order chi connectivity index (χ0) is 14.2. The van der Waals surface area contributed by atoms with Gasteiger partial charge in [-0.15, -0.1) is 0 Å². The molecule has 2 saturated heterocycles. The van der Waals surface area contributed by atoms with Crippen molar-refractivity contribution in [1.82, 2.24) is 4.90 Å². The second-order valence-corrected chi connectivity index (χ2v) is 5.77. The van der Waals surface area contributed by atoms with Crippen LogP contribution in [0.25, 0.3) is 0 Å². The monoisotopic (exact) mass is 275 g/mol. The summed E-state index contributed by atoms with van der Waals surface area (Å²) in [5, 5.41) is 0. The fourth-order valence-electron chi connectivity index (χ4n) is 3.16. The highest BCUT2D eigenvalue weighted by atomic mass is 16.6. The van der Waals surface area contributed by atoms with E-state index in [9.17, 15) is 4.79 Å². The highest BCUT2D eigenvalue weighted by Gasteiger charge is 2.50. The van der Waals surface area contributed by atoms with E-state index >= 15 is 0 Å². The molecule has 0 N–H and O–H groups in total. The third-order valence-electron chi connectivity index (χ3n) is 4.38. The van der Waals surface area contributed by atoms with Crippen molar-refractivity contribution in [2.75, 3.05) is 13.2 Å². The molecule has 20 heavy (non-hydrogen) atoms. The number of rotatable bonds is 2. The van der Waals surface area contributed by atoms with Crippen LogP contribution in [0.15, 0.2) is 30.3 Å². The van der Waals surface area contributed by atoms with Crippen LogP contribution >= 0.6 is 0 Å². The van der Waals surface area contributed by atoms with E-state index in [1.165, 1.54) is 0 Å². The molecule has 1 amide bonds. The Morgan fingerprint density at radius 3 is 2.70 bits per heavy atom. The molecule has 2 heterocycles. The number of hydrogen-bond donors (Lipinski definition) is 0. The van der Waals surface area contributed by atoms with E-state index in [1.54, 1.807) is 0 Å². The van der Waals surface area contributed by atoms with Gasteiger partial charge in [0.25, 0.3) is 5.91 Å². The molecule has 0 aliphatic carbocycles. The molecule has 3 unspecified atom stereocenters. The van der Waals surface area contributed by atoms with Crippen LogP contribution in [0.2, 0.25) is 0 Å². The minimum atomic E-state index is -0.392. The molecular formula is C16H21NO3. The van der Waals surface area contributed by atoms with Crippen molar-refractivity contribution in [1.29, 1.82) is 0 Å². The van der Waals surface area contributed by atoms with Crippen LogP contribution < -0.4 is 0 Å². The van der Waals surface area contributed by atoms with E-state index in [-0.39, 0.29) is 17.6 Å². The molecule has 1 spiro atoms. The molecule has 0 saturated carbocycles. The number of morpholine rings is 1. The van der Waals surface area contributed by atoms with Crippen molar-refractivity contribution >= 4 is 5.91 Å². The molecule has 0 radical (unpaired) electrons. The highest BCUT2D eigenvalue weighted by Crippen LogP contribution is 2.35. The van der Waals surface area contributed by atoms with Crippen molar-refractivity contribution in [3.05, 3.63) is 35.9 Å². The highest BCUT2D eigenvalue weighted by molar-refractivity contribution is 5.81. The fourth-order valence-corrected chi connectivity index (χ4v) is 3.16. The maximum Gasteiger partial charge on any atom is 0.251 e. The first-order valence-corrected chi connectivity index (χ1v) is 7.23. The summed E-state index contributed by atoms with van der Waals surface area (Å²) in [5.74, 6) is 0.0681. The van der Waals surface area contributed by atoms with Crippen molar-refractivity contribution in [3.63, 3.8) is 0 Å². The number of carbonyl (C=O) groups excluding carboxylic acids is 1. The molecule has 1 aromatic rings. The van der Waals surface area contributed by atoms with Crippen molar-refractivity contribution < 1.29 is 14.3 Å². The van der Waals surface area contributed by atoms with Crippen LogP contribution in [-0.4, -0.2) is 41.8 Å². The van der Waals surface area contributed by atoms with Gasteiger partial charge in [-0.2, -0.15) is 0 Å². The fraction of sp³-hybridized carbons (Fsp3) is 0.562. The zero-order valence-corrected chi connectivity index (χ0v) is 12.0. The lowest BCUT2D eigenvalue weighted by molar-refractivity contribution is -0.190. The molecule has 4 heteroatoms. The molecular weight excluding hydrogens is 254 g/mol. The third kappa shape index (κ3) is 2.34. The van der Waals surface area contributed by atoms with E-state index in [4.69, 9.17) is 9.47 Å². The summed E-state index contributed by atoms with van der Waals surface area (Å²) in [6.07, 6.45) is 0.504. The second-order valence-electron chi connectivity index (χ2n) is 5.77. The molecule has 0 bridgehead atoms. The van der Waals surface area contributed by atoms with Gasteiger partial charge in [-0.25, -0.2) is 0 Å². The lowest BCUT2D eigenvalue weighted by Crippen LogP contribution is -2.60. The molecule has 2 fully saturated rings. The minimum absolute atomic E-state index is 0.0383. The maximum absolute atomic E-state index is 12.3. The molecule has 2 aliphatic rings. The number of carbonyl (C=O) groups is 1. The number of ether oxygens (including phenoxy) is 2. The van der Waals surface area contributed by atoms with Gasteiger partial charge in [-0.3, -0.25) is 4.79 Å². The molecule has 4 nitrogen and oxygen atoms in total. The summed E-state index contributed by atoms with van der Waals surface area (Å²) in [6.45, 7) is 5.85. The summed E-state index contributed by atoms with van der Waals surface area (Å²) in [6, 6.07) is 10.1. The second kappa shape index (κ2) is 5.19. The number of benzene rings is 1. The maximum atomic E-state index is 12.3. The van der Waals surface area contributed by atoms with Gasteiger partial charge in [0.15, 0.2) is 0 Å². The van der Waals surface area contributed by atoms with Gasteiger partial charge in [-0.05, 0) is 19.4 Å². The van der Waals surface area contributed by atoms with Crippen LogP contribution in [0.5, 0.6) is 0 Å². The Morgan fingerprint density at radius 1 is 1.30 bits per heavy atom. The van der Waals surface area contributed by atoms with E-state index in [1.807, 2.05) is 36.9 Å². The Bertz CT molecular complexity index is 490. The minimum Gasteiger partial charge on any atom is -0.375 e. The largest absolute Gasteiger partial charge is 0.375 e. The Balaban J connectivity index is 1.80. The van der Waals surface area contributed by atoms with Gasteiger partial charge in [0.1, 0.15) is 11.7 Å². The van der Waals surface area contributed by atoms with Crippen molar-refractivity contribution in [2.45, 2.75) is 44.6 Å². The van der Waals surface area contributed by atoms with Gasteiger partial charge in [-0.1, -0.05) is 30.3 Å². The standard InChI is InChI=1S/C16H21NO3/c1-12-15(18)17(10-14-6-4-3-5-7-14)11-16(20-12)8-9-19-13(16)2/h3-7,12-13H,8-11H2,1-2H3. The number of nitrogens with zero attached hydrogens (tertiary/aromatic N) is 1. The molecule has 108 valence electrons. The van der Waals surface area contributed by atoms with Crippen LogP contribution in [0.3, 0.4) is 0 Å². The van der Waals surface area contributed by atoms with Gasteiger partial charge in [0.05, 0.1) is 12.6 Å². The van der Waals surface area contributed by atoms with E-state index < -0.39 is 6.10 Å². The third-order valence-corrected chi connectivity index (χ3v) is 4.38. The topological polar surface area (TPSA) is 38.8 Å². The van der Waals surface area contributed by atoms with Crippen LogP contribution in [0.4, 0.5) is 0 Å². The van der Waals surface area contributed by atoms with Crippen molar-refractivity contribution in [2.24, 2.45) is 0 Å². The molecule has 3 rings (SSSR count). The summed E-state index contributed by atoms with van der Waals surface area (Å²) < 4.78 is 11.7. The molecule has 1 aromatic carbocycles. The van der Waals surface area contributed by atoms with Crippen LogP contribution in [-0.2, 0) is 20.8 Å². The number of amides is 1. The van der Waals surface area contributed by atoms with Crippen molar-refractivity contribution in [3.8, 4) is 0 Å². The average Bonchev–Trinajstić information content (AvgIpc) is 2.78. The molecule has 3 atom stereocenters.